The summed E-state index contributed by atoms with van der Waals surface area (Å²) in [6.45, 7) is 5.93. The number of amides is 1. The molecule has 1 aromatic rings. The lowest BCUT2D eigenvalue weighted by molar-refractivity contribution is 0.107. The van der Waals surface area contributed by atoms with Crippen LogP contribution in [0.15, 0.2) is 9.85 Å². The SMILES string of the molecule is CCOC(=O)N1CCc2scc(Br)c2C(C)C1. The van der Waals surface area contributed by atoms with Crippen molar-refractivity contribution in [3.8, 4) is 0 Å². The van der Waals surface area contributed by atoms with Crippen LogP contribution in [0.5, 0.6) is 0 Å². The highest BCUT2D eigenvalue weighted by atomic mass is 79.9. The predicted molar refractivity (Wildman–Crippen MR) is 72.7 cm³/mol. The third kappa shape index (κ3) is 2.65. The van der Waals surface area contributed by atoms with Gasteiger partial charge in [-0.15, -0.1) is 11.3 Å². The highest BCUT2D eigenvalue weighted by Gasteiger charge is 2.26. The molecule has 1 aliphatic heterocycles. The van der Waals surface area contributed by atoms with E-state index < -0.39 is 0 Å². The van der Waals surface area contributed by atoms with Gasteiger partial charge >= 0.3 is 6.09 Å². The molecule has 1 unspecified atom stereocenters. The maximum absolute atomic E-state index is 11.7. The first kappa shape index (κ1) is 12.9. The molecule has 0 aliphatic carbocycles. The highest BCUT2D eigenvalue weighted by molar-refractivity contribution is 9.10. The second kappa shape index (κ2) is 5.40. The van der Waals surface area contributed by atoms with Gasteiger partial charge in [-0.3, -0.25) is 0 Å². The molecule has 0 aromatic carbocycles. The second-order valence-corrected chi connectivity index (χ2v) is 6.04. The predicted octanol–water partition coefficient (Wildman–Crippen LogP) is 3.63. The molecule has 2 rings (SSSR count). The molecule has 0 N–H and O–H groups in total. The third-order valence-corrected chi connectivity index (χ3v) is 5.01. The third-order valence-electron chi connectivity index (χ3n) is 2.98. The van der Waals surface area contributed by atoms with Crippen molar-refractivity contribution in [1.29, 1.82) is 0 Å². The van der Waals surface area contributed by atoms with Gasteiger partial charge in [0.15, 0.2) is 0 Å². The van der Waals surface area contributed by atoms with Gasteiger partial charge in [0.05, 0.1) is 6.61 Å². The van der Waals surface area contributed by atoms with Crippen LogP contribution in [-0.4, -0.2) is 30.7 Å². The van der Waals surface area contributed by atoms with Gasteiger partial charge in [0.1, 0.15) is 0 Å². The zero-order chi connectivity index (χ0) is 12.4. The Morgan fingerprint density at radius 2 is 2.47 bits per heavy atom. The van der Waals surface area contributed by atoms with Crippen LogP contribution in [0.25, 0.3) is 0 Å². The Kier molecular flexibility index (Phi) is 4.09. The van der Waals surface area contributed by atoms with Crippen molar-refractivity contribution in [1.82, 2.24) is 4.90 Å². The summed E-state index contributed by atoms with van der Waals surface area (Å²) in [6.07, 6.45) is 0.736. The summed E-state index contributed by atoms with van der Waals surface area (Å²) >= 11 is 5.36. The molecule has 1 aromatic heterocycles. The van der Waals surface area contributed by atoms with Gasteiger partial charge < -0.3 is 9.64 Å². The number of hydrogen-bond donors (Lipinski definition) is 0. The van der Waals surface area contributed by atoms with E-state index in [1.54, 1.807) is 11.3 Å². The fraction of sp³-hybridized carbons (Fsp3) is 0.583. The van der Waals surface area contributed by atoms with Crippen LogP contribution in [0.2, 0.25) is 0 Å². The standard InChI is InChI=1S/C12H16BrNO2S/c1-3-16-12(15)14-5-4-10-11(8(2)6-14)9(13)7-17-10/h7-8H,3-6H2,1-2H3. The number of rotatable bonds is 1. The fourth-order valence-electron chi connectivity index (χ4n) is 2.22. The van der Waals surface area contributed by atoms with Gasteiger partial charge in [-0.1, -0.05) is 6.92 Å². The molecule has 5 heteroatoms. The number of fused-ring (bicyclic) bond motifs is 1. The number of carbonyl (C=O) groups is 1. The number of halogens is 1. The summed E-state index contributed by atoms with van der Waals surface area (Å²) in [5.74, 6) is 0.359. The minimum Gasteiger partial charge on any atom is -0.450 e. The molecule has 3 nitrogen and oxygen atoms in total. The average Bonchev–Trinajstić information content (AvgIpc) is 2.56. The average molecular weight is 318 g/mol. The molecule has 0 saturated carbocycles. The molecular formula is C12H16BrNO2S. The molecule has 0 bridgehead atoms. The Labute approximate surface area is 114 Å². The van der Waals surface area contributed by atoms with Gasteiger partial charge in [0, 0.05) is 33.7 Å². The largest absolute Gasteiger partial charge is 0.450 e. The summed E-state index contributed by atoms with van der Waals surface area (Å²) in [4.78, 5) is 14.9. The molecule has 0 fully saturated rings. The Bertz CT molecular complexity index is 419. The fourth-order valence-corrected chi connectivity index (χ4v) is 4.28. The first-order valence-corrected chi connectivity index (χ1v) is 7.48. The lowest BCUT2D eigenvalue weighted by Crippen LogP contribution is -2.34. The summed E-state index contributed by atoms with van der Waals surface area (Å²) in [6, 6.07) is 0. The van der Waals surface area contributed by atoms with Gasteiger partial charge in [0.2, 0.25) is 0 Å². The minimum absolute atomic E-state index is 0.189. The van der Waals surface area contributed by atoms with E-state index in [4.69, 9.17) is 4.74 Å². The van der Waals surface area contributed by atoms with Crippen LogP contribution in [0.1, 0.15) is 30.2 Å². The van der Waals surface area contributed by atoms with Crippen LogP contribution >= 0.6 is 27.3 Å². The van der Waals surface area contributed by atoms with Crippen LogP contribution in [0.4, 0.5) is 4.79 Å². The quantitative estimate of drug-likeness (QED) is 0.791. The van der Waals surface area contributed by atoms with Crippen molar-refractivity contribution >= 4 is 33.4 Å². The zero-order valence-electron chi connectivity index (χ0n) is 10.0. The number of nitrogens with zero attached hydrogens (tertiary/aromatic N) is 1. The maximum atomic E-state index is 11.7. The first-order chi connectivity index (χ1) is 8.13. The van der Waals surface area contributed by atoms with E-state index in [1.165, 1.54) is 14.9 Å². The summed E-state index contributed by atoms with van der Waals surface area (Å²) in [5.41, 5.74) is 1.36. The van der Waals surface area contributed by atoms with E-state index >= 15 is 0 Å². The Morgan fingerprint density at radius 1 is 1.71 bits per heavy atom. The van der Waals surface area contributed by atoms with Crippen molar-refractivity contribution < 1.29 is 9.53 Å². The van der Waals surface area contributed by atoms with Crippen LogP contribution < -0.4 is 0 Å². The number of carbonyl (C=O) groups excluding carboxylic acids is 1. The van der Waals surface area contributed by atoms with E-state index in [9.17, 15) is 4.79 Å². The Hall–Kier alpha value is -0.550. The van der Waals surface area contributed by atoms with Crippen molar-refractivity contribution in [2.24, 2.45) is 0 Å². The molecule has 1 atom stereocenters. The minimum atomic E-state index is -0.189. The molecule has 0 spiro atoms. The molecule has 0 radical (unpaired) electrons. The first-order valence-electron chi connectivity index (χ1n) is 5.81. The van der Waals surface area contributed by atoms with Crippen molar-refractivity contribution in [3.05, 3.63) is 20.3 Å². The molecule has 94 valence electrons. The molecular weight excluding hydrogens is 302 g/mol. The normalized spacial score (nSPS) is 19.7. The van der Waals surface area contributed by atoms with Gasteiger partial charge in [0.25, 0.3) is 0 Å². The molecule has 17 heavy (non-hydrogen) atoms. The molecule has 2 heterocycles. The molecule has 1 amide bonds. The van der Waals surface area contributed by atoms with Crippen LogP contribution in [0.3, 0.4) is 0 Å². The topological polar surface area (TPSA) is 29.5 Å². The molecule has 0 saturated heterocycles. The van der Waals surface area contributed by atoms with E-state index in [2.05, 4.69) is 28.2 Å². The monoisotopic (exact) mass is 317 g/mol. The Balaban J connectivity index is 2.15. The lowest BCUT2D eigenvalue weighted by atomic mass is 10.0. The van der Waals surface area contributed by atoms with Crippen LogP contribution in [0, 0.1) is 0 Å². The Morgan fingerprint density at radius 3 is 3.18 bits per heavy atom. The van der Waals surface area contributed by atoms with Crippen molar-refractivity contribution in [2.45, 2.75) is 26.2 Å². The number of ether oxygens (including phenoxy) is 1. The lowest BCUT2D eigenvalue weighted by Gasteiger charge is -2.22. The van der Waals surface area contributed by atoms with E-state index in [0.29, 0.717) is 12.5 Å². The summed E-state index contributed by atoms with van der Waals surface area (Å²) in [7, 11) is 0. The van der Waals surface area contributed by atoms with Gasteiger partial charge in [-0.25, -0.2) is 4.79 Å². The van der Waals surface area contributed by atoms with Crippen molar-refractivity contribution in [2.75, 3.05) is 19.7 Å². The van der Waals surface area contributed by atoms with E-state index in [0.717, 1.165) is 19.5 Å². The van der Waals surface area contributed by atoms with Crippen molar-refractivity contribution in [3.63, 3.8) is 0 Å². The zero-order valence-corrected chi connectivity index (χ0v) is 12.4. The van der Waals surface area contributed by atoms with Gasteiger partial charge in [-0.05, 0) is 34.8 Å². The summed E-state index contributed by atoms with van der Waals surface area (Å²) < 4.78 is 6.25. The highest BCUT2D eigenvalue weighted by Crippen LogP contribution is 2.36. The number of hydrogen-bond acceptors (Lipinski definition) is 3. The van der Waals surface area contributed by atoms with E-state index in [1.807, 2.05) is 11.8 Å². The smallest absolute Gasteiger partial charge is 0.409 e. The van der Waals surface area contributed by atoms with Crippen LogP contribution in [-0.2, 0) is 11.2 Å². The van der Waals surface area contributed by atoms with E-state index in [-0.39, 0.29) is 6.09 Å². The molecule has 1 aliphatic rings. The summed E-state index contributed by atoms with van der Waals surface area (Å²) in [5, 5.41) is 2.14. The maximum Gasteiger partial charge on any atom is 0.409 e. The van der Waals surface area contributed by atoms with Gasteiger partial charge in [-0.2, -0.15) is 0 Å². The number of thiophene rings is 1. The second-order valence-electron chi connectivity index (χ2n) is 4.22.